The van der Waals surface area contributed by atoms with Crippen molar-refractivity contribution in [2.45, 2.75) is 32.2 Å². The molecule has 3 rings (SSSR count). The van der Waals surface area contributed by atoms with Crippen LogP contribution in [-0.4, -0.2) is 65.4 Å². The van der Waals surface area contributed by atoms with Crippen LogP contribution in [0.4, 0.5) is 14.6 Å². The van der Waals surface area contributed by atoms with E-state index in [0.717, 1.165) is 30.7 Å². The molecule has 1 fully saturated rings. The molecule has 10 heteroatoms. The van der Waals surface area contributed by atoms with Crippen molar-refractivity contribution < 1.29 is 23.1 Å². The lowest BCUT2D eigenvalue weighted by molar-refractivity contribution is -0.134. The highest BCUT2D eigenvalue weighted by Crippen LogP contribution is 2.27. The van der Waals surface area contributed by atoms with E-state index in [4.69, 9.17) is 4.74 Å². The van der Waals surface area contributed by atoms with E-state index in [2.05, 4.69) is 15.3 Å². The summed E-state index contributed by atoms with van der Waals surface area (Å²) in [6.07, 6.45) is 1.63. The average molecular weight is 447 g/mol. The summed E-state index contributed by atoms with van der Waals surface area (Å²) < 4.78 is 32.0. The largest absolute Gasteiger partial charge is 0.481 e. The summed E-state index contributed by atoms with van der Waals surface area (Å²) in [5, 5.41) is 3.01. The van der Waals surface area contributed by atoms with Crippen molar-refractivity contribution in [2.75, 3.05) is 39.1 Å². The van der Waals surface area contributed by atoms with E-state index in [0.29, 0.717) is 30.8 Å². The molecule has 1 atom stereocenters. The third-order valence-electron chi connectivity index (χ3n) is 5.40. The van der Waals surface area contributed by atoms with Crippen LogP contribution < -0.4 is 10.1 Å². The number of anilines is 1. The number of likely N-dealkylation sites (tertiary alicyclic amines) is 1. The van der Waals surface area contributed by atoms with Gasteiger partial charge in [-0.25, -0.2) is 18.7 Å². The molecule has 8 nitrogen and oxygen atoms in total. The number of ether oxygens (including phenoxy) is 1. The monoisotopic (exact) mass is 447 g/mol. The maximum Gasteiger partial charge on any atom is 0.260 e. The summed E-state index contributed by atoms with van der Waals surface area (Å²) in [4.78, 5) is 36.5. The van der Waals surface area contributed by atoms with Gasteiger partial charge in [0.25, 0.3) is 5.91 Å². The molecule has 0 saturated carbocycles. The molecule has 32 heavy (non-hydrogen) atoms. The number of halogens is 2. The minimum Gasteiger partial charge on any atom is -0.481 e. The summed E-state index contributed by atoms with van der Waals surface area (Å²) in [5.74, 6) is -0.940. The number of nitrogens with one attached hydrogen (secondary N) is 1. The summed E-state index contributed by atoms with van der Waals surface area (Å²) >= 11 is 0. The quantitative estimate of drug-likeness (QED) is 0.702. The number of rotatable bonds is 7. The summed E-state index contributed by atoms with van der Waals surface area (Å²) in [7, 11) is 3.44. The van der Waals surface area contributed by atoms with E-state index in [1.165, 1.54) is 11.8 Å². The summed E-state index contributed by atoms with van der Waals surface area (Å²) in [6, 6.07) is 4.80. The summed E-state index contributed by atoms with van der Waals surface area (Å²) in [5.41, 5.74) is 0.791. The molecule has 1 saturated heterocycles. The van der Waals surface area contributed by atoms with Crippen molar-refractivity contribution in [3.8, 4) is 5.75 Å². The number of benzene rings is 1. The Kier molecular flexibility index (Phi) is 7.55. The van der Waals surface area contributed by atoms with Gasteiger partial charge in [0.1, 0.15) is 17.5 Å². The van der Waals surface area contributed by atoms with Crippen LogP contribution in [0.25, 0.3) is 0 Å². The predicted molar refractivity (Wildman–Crippen MR) is 114 cm³/mol. The second-order valence-corrected chi connectivity index (χ2v) is 7.76. The molecule has 1 aliphatic rings. The maximum absolute atomic E-state index is 13.7. The van der Waals surface area contributed by atoms with Gasteiger partial charge in [-0.3, -0.25) is 9.59 Å². The van der Waals surface area contributed by atoms with Gasteiger partial charge in [0.05, 0.1) is 12.2 Å². The van der Waals surface area contributed by atoms with Crippen molar-refractivity contribution in [1.82, 2.24) is 19.8 Å². The van der Waals surface area contributed by atoms with E-state index in [1.807, 2.05) is 6.07 Å². The van der Waals surface area contributed by atoms with Crippen molar-refractivity contribution in [3.63, 3.8) is 0 Å². The number of nitrogens with zero attached hydrogens (tertiary/aromatic N) is 4. The second kappa shape index (κ2) is 10.3. The van der Waals surface area contributed by atoms with Crippen molar-refractivity contribution in [3.05, 3.63) is 47.4 Å². The highest BCUT2D eigenvalue weighted by atomic mass is 19.1. The Bertz CT molecular complexity index is 988. The van der Waals surface area contributed by atoms with Crippen LogP contribution in [0.3, 0.4) is 0 Å². The lowest BCUT2D eigenvalue weighted by atomic mass is 9.94. The van der Waals surface area contributed by atoms with Crippen LogP contribution in [-0.2, 0) is 16.1 Å². The van der Waals surface area contributed by atoms with Crippen LogP contribution >= 0.6 is 0 Å². The van der Waals surface area contributed by atoms with Crippen LogP contribution in [0.2, 0.25) is 0 Å². The Hall–Kier alpha value is -3.30. The Morgan fingerprint density at radius 2 is 2.06 bits per heavy atom. The molecule has 1 aliphatic heterocycles. The van der Waals surface area contributed by atoms with Gasteiger partial charge in [0.2, 0.25) is 5.91 Å². The fraction of sp³-hybridized carbons (Fsp3) is 0.455. The van der Waals surface area contributed by atoms with E-state index in [-0.39, 0.29) is 36.6 Å². The van der Waals surface area contributed by atoms with Gasteiger partial charge in [-0.05, 0) is 25.0 Å². The number of carbonyl (C=O) groups excluding carboxylic acids is 2. The number of carbonyl (C=O) groups is 2. The van der Waals surface area contributed by atoms with E-state index in [1.54, 1.807) is 19.0 Å². The van der Waals surface area contributed by atoms with Crippen molar-refractivity contribution >= 4 is 17.6 Å². The van der Waals surface area contributed by atoms with Crippen molar-refractivity contribution in [2.24, 2.45) is 0 Å². The molecule has 2 heterocycles. The normalized spacial score (nSPS) is 15.9. The van der Waals surface area contributed by atoms with Crippen LogP contribution in [0.15, 0.2) is 24.3 Å². The SMILES string of the molecule is CNc1cc(C2CCCN(C(=O)COc3ccc(F)cc3F)C2)nc(CN(C)C(C)=O)n1. The van der Waals surface area contributed by atoms with E-state index < -0.39 is 11.6 Å². The fourth-order valence-electron chi connectivity index (χ4n) is 3.52. The smallest absolute Gasteiger partial charge is 0.260 e. The molecular formula is C22H27F2N5O3. The number of hydrogen-bond donors (Lipinski definition) is 1. The standard InChI is InChI=1S/C22H27F2N5O3/c1-14(30)28(3)12-21-26-18(10-20(25-2)27-21)15-5-4-8-29(11-15)22(31)13-32-19-7-6-16(23)9-17(19)24/h6-7,9-10,15H,4-5,8,11-13H2,1-3H3,(H,25,26,27). The first kappa shape index (κ1) is 23.4. The number of piperidine rings is 1. The zero-order valence-electron chi connectivity index (χ0n) is 18.4. The molecule has 1 unspecified atom stereocenters. The third kappa shape index (κ3) is 5.89. The Morgan fingerprint density at radius 3 is 2.75 bits per heavy atom. The zero-order chi connectivity index (χ0) is 23.3. The van der Waals surface area contributed by atoms with Gasteiger partial charge in [-0.2, -0.15) is 0 Å². The fourth-order valence-corrected chi connectivity index (χ4v) is 3.52. The molecule has 2 amide bonds. The average Bonchev–Trinajstić information content (AvgIpc) is 2.78. The van der Waals surface area contributed by atoms with E-state index in [9.17, 15) is 18.4 Å². The molecule has 2 aromatic rings. The van der Waals surface area contributed by atoms with Gasteiger partial charge in [-0.1, -0.05) is 0 Å². The molecule has 172 valence electrons. The highest BCUT2D eigenvalue weighted by Gasteiger charge is 2.27. The number of aromatic nitrogens is 2. The lowest BCUT2D eigenvalue weighted by Crippen LogP contribution is -2.41. The predicted octanol–water partition coefficient (Wildman–Crippen LogP) is 2.56. The van der Waals surface area contributed by atoms with Crippen LogP contribution in [0.5, 0.6) is 5.75 Å². The van der Waals surface area contributed by atoms with Gasteiger partial charge >= 0.3 is 0 Å². The third-order valence-corrected chi connectivity index (χ3v) is 5.40. The zero-order valence-corrected chi connectivity index (χ0v) is 18.4. The van der Waals surface area contributed by atoms with Gasteiger partial charge in [0.15, 0.2) is 18.2 Å². The van der Waals surface area contributed by atoms with Gasteiger partial charge in [-0.15, -0.1) is 0 Å². The molecule has 1 aromatic heterocycles. The van der Waals surface area contributed by atoms with Gasteiger partial charge < -0.3 is 19.9 Å². The van der Waals surface area contributed by atoms with Crippen LogP contribution in [0, 0.1) is 11.6 Å². The topological polar surface area (TPSA) is 87.7 Å². The molecule has 1 N–H and O–H groups in total. The minimum atomic E-state index is -0.849. The molecule has 0 bridgehead atoms. The minimum absolute atomic E-state index is 0.00765. The highest BCUT2D eigenvalue weighted by molar-refractivity contribution is 5.78. The van der Waals surface area contributed by atoms with Crippen molar-refractivity contribution in [1.29, 1.82) is 0 Å². The molecule has 0 spiro atoms. The Morgan fingerprint density at radius 1 is 1.28 bits per heavy atom. The second-order valence-electron chi connectivity index (χ2n) is 7.76. The van der Waals surface area contributed by atoms with Gasteiger partial charge in [0, 0.05) is 52.2 Å². The maximum atomic E-state index is 13.7. The van der Waals surface area contributed by atoms with E-state index >= 15 is 0 Å². The molecule has 0 radical (unpaired) electrons. The Balaban J connectivity index is 1.68. The lowest BCUT2D eigenvalue weighted by Gasteiger charge is -2.32. The Labute approximate surface area is 185 Å². The number of amides is 2. The first-order valence-corrected chi connectivity index (χ1v) is 10.4. The first-order chi connectivity index (χ1) is 15.3. The molecule has 0 aliphatic carbocycles. The number of hydrogen-bond acceptors (Lipinski definition) is 6. The molecule has 1 aromatic carbocycles. The van der Waals surface area contributed by atoms with Crippen LogP contribution in [0.1, 0.15) is 37.2 Å². The first-order valence-electron chi connectivity index (χ1n) is 10.4. The molecular weight excluding hydrogens is 420 g/mol. The summed E-state index contributed by atoms with van der Waals surface area (Å²) in [6.45, 7) is 2.43.